The number of carbonyl (C=O) groups is 1. The lowest BCUT2D eigenvalue weighted by Gasteiger charge is -2.37. The van der Waals surface area contributed by atoms with Crippen molar-refractivity contribution in [3.05, 3.63) is 76.1 Å². The summed E-state index contributed by atoms with van der Waals surface area (Å²) in [7, 11) is 0. The minimum atomic E-state index is -0.154. The van der Waals surface area contributed by atoms with Gasteiger partial charge >= 0.3 is 0 Å². The topological polar surface area (TPSA) is 61.4 Å². The molecular weight excluding hydrogens is 483 g/mol. The van der Waals surface area contributed by atoms with E-state index in [4.69, 9.17) is 4.37 Å². The van der Waals surface area contributed by atoms with Crippen LogP contribution in [0.5, 0.6) is 0 Å². The van der Waals surface area contributed by atoms with Gasteiger partial charge in [-0.2, -0.15) is 4.37 Å². The summed E-state index contributed by atoms with van der Waals surface area (Å²) in [6, 6.07) is 16.4. The Bertz CT molecular complexity index is 1350. The Kier molecular flexibility index (Phi) is 5.98. The Morgan fingerprint density at radius 1 is 1.00 bits per heavy atom. The van der Waals surface area contributed by atoms with Gasteiger partial charge < -0.3 is 15.1 Å². The summed E-state index contributed by atoms with van der Waals surface area (Å²) < 4.78 is 5.94. The van der Waals surface area contributed by atoms with E-state index in [1.54, 1.807) is 34.6 Å². The van der Waals surface area contributed by atoms with Crippen LogP contribution in [0.4, 0.5) is 17.2 Å². The van der Waals surface area contributed by atoms with Crippen LogP contribution in [0.1, 0.15) is 27.2 Å². The maximum absolute atomic E-state index is 13.0. The number of thioether (sulfide) groups is 1. The van der Waals surface area contributed by atoms with Gasteiger partial charge in [-0.15, -0.1) is 23.1 Å². The predicted octanol–water partition coefficient (Wildman–Crippen LogP) is 6.02. The molecule has 1 saturated heterocycles. The van der Waals surface area contributed by atoms with Crippen LogP contribution in [0.25, 0.3) is 10.1 Å². The van der Waals surface area contributed by atoms with E-state index in [-0.39, 0.29) is 5.91 Å². The van der Waals surface area contributed by atoms with Crippen molar-refractivity contribution in [3.8, 4) is 0 Å². The number of nitrogens with one attached hydrogen (secondary N) is 1. The zero-order valence-corrected chi connectivity index (χ0v) is 20.8. The summed E-state index contributed by atoms with van der Waals surface area (Å²) in [5.74, 6) is 0.926. The van der Waals surface area contributed by atoms with E-state index in [9.17, 15) is 4.79 Å². The molecule has 0 saturated carbocycles. The minimum absolute atomic E-state index is 0.154. The van der Waals surface area contributed by atoms with Crippen LogP contribution in [0.3, 0.4) is 0 Å². The van der Waals surface area contributed by atoms with E-state index in [0.717, 1.165) is 54.8 Å². The van der Waals surface area contributed by atoms with Crippen molar-refractivity contribution in [2.75, 3.05) is 41.3 Å². The average Bonchev–Trinajstić information content (AvgIpc) is 3.65. The van der Waals surface area contributed by atoms with E-state index in [2.05, 4.69) is 61.9 Å². The van der Waals surface area contributed by atoms with Crippen LogP contribution >= 0.6 is 34.6 Å². The maximum atomic E-state index is 13.0. The standard InChI is InChI=1S/C25H23N5OS3/c31-24(19-16-33-25(27-19)22-10-5-15-32-22)26-18-7-2-3-8-20(18)29-11-13-30(14-12-29)23-17-6-1-4-9-21(17)34-28-23/h1-9,15-16,22H,10-14H2,(H,26,31). The van der Waals surface area contributed by atoms with Gasteiger partial charge in [0.15, 0.2) is 0 Å². The third-order valence-corrected chi connectivity index (χ3v) is 9.17. The molecule has 6 nitrogen and oxygen atoms in total. The number of allylic oxidation sites excluding steroid dienone is 1. The van der Waals surface area contributed by atoms with E-state index >= 15 is 0 Å². The number of aromatic nitrogens is 2. The molecule has 4 aromatic rings. The highest BCUT2D eigenvalue weighted by atomic mass is 32.2. The molecule has 0 aliphatic carbocycles. The average molecular weight is 506 g/mol. The first-order valence-electron chi connectivity index (χ1n) is 11.3. The van der Waals surface area contributed by atoms with Crippen LogP contribution in [-0.4, -0.2) is 41.4 Å². The van der Waals surface area contributed by atoms with Crippen molar-refractivity contribution in [1.29, 1.82) is 0 Å². The van der Waals surface area contributed by atoms with Gasteiger partial charge in [-0.05, 0) is 47.6 Å². The number of hydrogen-bond donors (Lipinski definition) is 1. The van der Waals surface area contributed by atoms with Crippen LogP contribution in [0.15, 0.2) is 65.4 Å². The quantitative estimate of drug-likeness (QED) is 0.358. The smallest absolute Gasteiger partial charge is 0.275 e. The van der Waals surface area contributed by atoms with Crippen LogP contribution in [-0.2, 0) is 0 Å². The van der Waals surface area contributed by atoms with Gasteiger partial charge in [0, 0.05) is 36.9 Å². The number of para-hydroxylation sites is 2. The predicted molar refractivity (Wildman–Crippen MR) is 145 cm³/mol. The van der Waals surface area contributed by atoms with Gasteiger partial charge in [0.05, 0.1) is 21.3 Å². The lowest BCUT2D eigenvalue weighted by Crippen LogP contribution is -2.47. The molecule has 2 aromatic carbocycles. The summed E-state index contributed by atoms with van der Waals surface area (Å²) in [6.07, 6.45) is 3.13. The molecule has 34 heavy (non-hydrogen) atoms. The first-order chi connectivity index (χ1) is 16.8. The van der Waals surface area contributed by atoms with Crippen molar-refractivity contribution in [2.45, 2.75) is 11.7 Å². The molecule has 6 rings (SSSR count). The highest BCUT2D eigenvalue weighted by Crippen LogP contribution is 2.39. The summed E-state index contributed by atoms with van der Waals surface area (Å²) >= 11 is 4.89. The number of rotatable bonds is 5. The van der Waals surface area contributed by atoms with Gasteiger partial charge in [-0.3, -0.25) is 4.79 Å². The normalized spacial score (nSPS) is 18.1. The molecule has 0 bridgehead atoms. The minimum Gasteiger partial charge on any atom is -0.366 e. The van der Waals surface area contributed by atoms with Crippen molar-refractivity contribution >= 4 is 67.8 Å². The number of fused-ring (bicyclic) bond motifs is 1. The molecule has 1 fully saturated rings. The molecular formula is C25H23N5OS3. The molecule has 9 heteroatoms. The van der Waals surface area contributed by atoms with E-state index in [0.29, 0.717) is 10.9 Å². The molecule has 2 aromatic heterocycles. The van der Waals surface area contributed by atoms with E-state index in [1.165, 1.54) is 10.1 Å². The Labute approximate surface area is 210 Å². The second-order valence-electron chi connectivity index (χ2n) is 8.25. The third-order valence-electron chi connectivity index (χ3n) is 6.15. The van der Waals surface area contributed by atoms with Gasteiger partial charge in [0.2, 0.25) is 0 Å². The number of hydrogen-bond acceptors (Lipinski definition) is 8. The molecule has 172 valence electrons. The monoisotopic (exact) mass is 505 g/mol. The summed E-state index contributed by atoms with van der Waals surface area (Å²) in [6.45, 7) is 3.51. The number of amides is 1. The molecule has 1 N–H and O–H groups in total. The summed E-state index contributed by atoms with van der Waals surface area (Å²) in [4.78, 5) is 22.3. The molecule has 0 radical (unpaired) electrons. The number of anilines is 3. The first kappa shape index (κ1) is 21.6. The van der Waals surface area contributed by atoms with Crippen molar-refractivity contribution < 1.29 is 4.79 Å². The van der Waals surface area contributed by atoms with Gasteiger partial charge in [0.1, 0.15) is 16.5 Å². The Morgan fingerprint density at radius 2 is 1.79 bits per heavy atom. The van der Waals surface area contributed by atoms with Gasteiger partial charge in [-0.25, -0.2) is 4.98 Å². The Morgan fingerprint density at radius 3 is 2.65 bits per heavy atom. The van der Waals surface area contributed by atoms with Crippen LogP contribution < -0.4 is 15.1 Å². The largest absolute Gasteiger partial charge is 0.366 e. The second kappa shape index (κ2) is 9.40. The number of carbonyl (C=O) groups excluding carboxylic acids is 1. The molecule has 2 aliphatic rings. The van der Waals surface area contributed by atoms with Crippen LogP contribution in [0.2, 0.25) is 0 Å². The molecule has 1 atom stereocenters. The summed E-state index contributed by atoms with van der Waals surface area (Å²) in [5, 5.41) is 9.66. The van der Waals surface area contributed by atoms with Crippen molar-refractivity contribution in [3.63, 3.8) is 0 Å². The fraction of sp³-hybridized carbons (Fsp3) is 0.240. The first-order valence-corrected chi connectivity index (χ1v) is 13.9. The molecule has 2 aliphatic heterocycles. The second-order valence-corrected chi connectivity index (χ2v) is 11.1. The fourth-order valence-corrected chi connectivity index (χ4v) is 7.11. The van der Waals surface area contributed by atoms with Crippen molar-refractivity contribution in [1.82, 2.24) is 9.36 Å². The van der Waals surface area contributed by atoms with Crippen molar-refractivity contribution in [2.24, 2.45) is 0 Å². The number of thiazole rings is 1. The zero-order valence-electron chi connectivity index (χ0n) is 18.4. The van der Waals surface area contributed by atoms with Gasteiger partial charge in [-0.1, -0.05) is 30.3 Å². The lowest BCUT2D eigenvalue weighted by molar-refractivity contribution is 0.102. The Hall–Kier alpha value is -2.88. The third kappa shape index (κ3) is 4.19. The molecule has 0 spiro atoms. The molecule has 4 heterocycles. The van der Waals surface area contributed by atoms with E-state index < -0.39 is 0 Å². The highest BCUT2D eigenvalue weighted by molar-refractivity contribution is 8.02. The molecule has 1 unspecified atom stereocenters. The maximum Gasteiger partial charge on any atom is 0.275 e. The highest BCUT2D eigenvalue weighted by Gasteiger charge is 2.24. The number of benzene rings is 2. The zero-order chi connectivity index (χ0) is 22.9. The number of nitrogens with zero attached hydrogens (tertiary/aromatic N) is 4. The summed E-state index contributed by atoms with van der Waals surface area (Å²) in [5.41, 5.74) is 2.36. The SMILES string of the molecule is O=C(Nc1ccccc1N1CCN(c2nsc3ccccc23)CC1)c1csc(C2CC=CS2)n1. The lowest BCUT2D eigenvalue weighted by atomic mass is 10.2. The molecule has 1 amide bonds. The Balaban J connectivity index is 1.14. The van der Waals surface area contributed by atoms with Crippen LogP contribution in [0, 0.1) is 0 Å². The van der Waals surface area contributed by atoms with Gasteiger partial charge in [0.25, 0.3) is 5.91 Å². The van der Waals surface area contributed by atoms with E-state index in [1.807, 2.05) is 23.6 Å². The number of piperazine rings is 1. The fourth-order valence-electron chi connectivity index (χ4n) is 4.39.